The Balaban J connectivity index is 2.40. The van der Waals surface area contributed by atoms with Crippen molar-refractivity contribution in [2.75, 3.05) is 12.8 Å². The zero-order chi connectivity index (χ0) is 13.1. The summed E-state index contributed by atoms with van der Waals surface area (Å²) in [6.45, 7) is 0. The van der Waals surface area contributed by atoms with Gasteiger partial charge in [0, 0.05) is 5.56 Å². The number of hydrogen-bond donors (Lipinski definition) is 1. The predicted octanol–water partition coefficient (Wildman–Crippen LogP) is 2.27. The van der Waals surface area contributed by atoms with Crippen LogP contribution in [0.1, 0.15) is 10.4 Å². The average Bonchev–Trinajstić information content (AvgIpc) is 2.41. The van der Waals surface area contributed by atoms with Crippen molar-refractivity contribution in [1.29, 1.82) is 0 Å². The van der Waals surface area contributed by atoms with Gasteiger partial charge in [0.05, 0.1) is 18.9 Å². The number of benzene rings is 1. The van der Waals surface area contributed by atoms with Gasteiger partial charge in [0.2, 0.25) is 0 Å². The number of methoxy groups -OCH3 is 1. The van der Waals surface area contributed by atoms with E-state index in [9.17, 15) is 4.79 Å². The summed E-state index contributed by atoms with van der Waals surface area (Å²) in [6.07, 6.45) is 1.53. The van der Waals surface area contributed by atoms with Crippen LogP contribution in [0.15, 0.2) is 35.1 Å². The van der Waals surface area contributed by atoms with E-state index in [2.05, 4.69) is 30.6 Å². The lowest BCUT2D eigenvalue weighted by molar-refractivity contribution is 0.0601. The summed E-state index contributed by atoms with van der Waals surface area (Å²) >= 11 is 3.24. The molecule has 0 aliphatic carbocycles. The number of anilines is 1. The van der Waals surface area contributed by atoms with Gasteiger partial charge in [-0.3, -0.25) is 0 Å². The molecule has 0 bridgehead atoms. The van der Waals surface area contributed by atoms with Gasteiger partial charge in [-0.25, -0.2) is 14.8 Å². The molecule has 1 heterocycles. The summed E-state index contributed by atoms with van der Waals surface area (Å²) in [5.74, 6) is -0.0427. The first kappa shape index (κ1) is 12.5. The van der Waals surface area contributed by atoms with Crippen LogP contribution < -0.4 is 5.73 Å². The quantitative estimate of drug-likeness (QED) is 0.861. The molecule has 1 aromatic carbocycles. The SMILES string of the molecule is COC(=O)c1ccc(-c2nc(Br)cnc2N)cc1. The number of rotatable bonds is 2. The largest absolute Gasteiger partial charge is 0.465 e. The van der Waals surface area contributed by atoms with Crippen molar-refractivity contribution >= 4 is 27.7 Å². The van der Waals surface area contributed by atoms with Crippen LogP contribution in [0.4, 0.5) is 5.82 Å². The summed E-state index contributed by atoms with van der Waals surface area (Å²) in [7, 11) is 1.34. The molecule has 0 radical (unpaired) electrons. The predicted molar refractivity (Wildman–Crippen MR) is 70.9 cm³/mol. The number of ether oxygens (including phenoxy) is 1. The Bertz CT molecular complexity index is 584. The molecule has 2 rings (SSSR count). The Labute approximate surface area is 112 Å². The second-order valence-corrected chi connectivity index (χ2v) is 4.31. The molecule has 2 N–H and O–H groups in total. The van der Waals surface area contributed by atoms with Crippen LogP contribution in [-0.2, 0) is 4.74 Å². The molecule has 0 aliphatic rings. The lowest BCUT2D eigenvalue weighted by atomic mass is 10.1. The maximum Gasteiger partial charge on any atom is 0.337 e. The number of aromatic nitrogens is 2. The molecule has 0 atom stereocenters. The van der Waals surface area contributed by atoms with Crippen molar-refractivity contribution in [2.45, 2.75) is 0 Å². The highest BCUT2D eigenvalue weighted by Gasteiger charge is 2.09. The fourth-order valence-corrected chi connectivity index (χ4v) is 1.75. The Morgan fingerprint density at radius 1 is 1.33 bits per heavy atom. The minimum absolute atomic E-state index is 0.337. The molecule has 1 aromatic heterocycles. The molecule has 92 valence electrons. The molecule has 0 saturated heterocycles. The van der Waals surface area contributed by atoms with E-state index >= 15 is 0 Å². The topological polar surface area (TPSA) is 78.1 Å². The van der Waals surface area contributed by atoms with Crippen LogP contribution in [0.25, 0.3) is 11.3 Å². The van der Waals surface area contributed by atoms with Crippen molar-refractivity contribution in [3.05, 3.63) is 40.6 Å². The van der Waals surface area contributed by atoms with Gasteiger partial charge in [0.1, 0.15) is 16.1 Å². The minimum atomic E-state index is -0.380. The van der Waals surface area contributed by atoms with E-state index in [0.717, 1.165) is 5.56 Å². The molecule has 0 saturated carbocycles. The van der Waals surface area contributed by atoms with Gasteiger partial charge >= 0.3 is 5.97 Å². The first-order valence-electron chi connectivity index (χ1n) is 5.08. The van der Waals surface area contributed by atoms with Gasteiger partial charge in [-0.05, 0) is 28.1 Å². The zero-order valence-electron chi connectivity index (χ0n) is 9.55. The van der Waals surface area contributed by atoms with Gasteiger partial charge < -0.3 is 10.5 Å². The van der Waals surface area contributed by atoms with E-state index in [1.165, 1.54) is 13.3 Å². The molecule has 0 amide bonds. The number of carbonyl (C=O) groups excluding carboxylic acids is 1. The highest BCUT2D eigenvalue weighted by Crippen LogP contribution is 2.24. The molecule has 2 aromatic rings. The van der Waals surface area contributed by atoms with Crippen molar-refractivity contribution < 1.29 is 9.53 Å². The maximum atomic E-state index is 11.3. The third-order valence-electron chi connectivity index (χ3n) is 2.35. The zero-order valence-corrected chi connectivity index (χ0v) is 11.1. The Morgan fingerprint density at radius 3 is 2.61 bits per heavy atom. The fraction of sp³-hybridized carbons (Fsp3) is 0.0833. The molecular weight excluding hydrogens is 298 g/mol. The first-order chi connectivity index (χ1) is 8.61. The summed E-state index contributed by atoms with van der Waals surface area (Å²) in [4.78, 5) is 19.6. The smallest absolute Gasteiger partial charge is 0.337 e. The lowest BCUT2D eigenvalue weighted by Crippen LogP contribution is -2.01. The number of nitrogens with two attached hydrogens (primary N) is 1. The fourth-order valence-electron chi connectivity index (χ4n) is 1.47. The second-order valence-electron chi connectivity index (χ2n) is 3.50. The molecular formula is C12H10BrN3O2. The normalized spacial score (nSPS) is 10.1. The van der Waals surface area contributed by atoms with Crippen LogP contribution in [0, 0.1) is 0 Å². The molecule has 18 heavy (non-hydrogen) atoms. The molecule has 5 nitrogen and oxygen atoms in total. The van der Waals surface area contributed by atoms with Crippen molar-refractivity contribution in [2.24, 2.45) is 0 Å². The second kappa shape index (κ2) is 5.14. The van der Waals surface area contributed by atoms with E-state index in [-0.39, 0.29) is 5.97 Å². The number of carbonyl (C=O) groups is 1. The highest BCUT2D eigenvalue weighted by molar-refractivity contribution is 9.10. The summed E-state index contributed by atoms with van der Waals surface area (Å²) in [6, 6.07) is 6.81. The third kappa shape index (κ3) is 2.48. The van der Waals surface area contributed by atoms with E-state index in [0.29, 0.717) is 21.7 Å². The monoisotopic (exact) mass is 307 g/mol. The van der Waals surface area contributed by atoms with Crippen LogP contribution in [0.3, 0.4) is 0 Å². The van der Waals surface area contributed by atoms with E-state index in [4.69, 9.17) is 5.73 Å². The van der Waals surface area contributed by atoms with Crippen molar-refractivity contribution in [1.82, 2.24) is 9.97 Å². The van der Waals surface area contributed by atoms with Gasteiger partial charge in [0.25, 0.3) is 0 Å². The van der Waals surface area contributed by atoms with Gasteiger partial charge in [-0.2, -0.15) is 0 Å². The standard InChI is InChI=1S/C12H10BrN3O2/c1-18-12(17)8-4-2-7(3-5-8)10-11(14)15-6-9(13)16-10/h2-6H,1H3,(H2,14,15). The minimum Gasteiger partial charge on any atom is -0.465 e. The Hall–Kier alpha value is -1.95. The Morgan fingerprint density at radius 2 is 2.00 bits per heavy atom. The summed E-state index contributed by atoms with van der Waals surface area (Å²) < 4.78 is 5.23. The number of nitrogens with zero attached hydrogens (tertiary/aromatic N) is 2. The molecule has 0 spiro atoms. The average molecular weight is 308 g/mol. The van der Waals surface area contributed by atoms with Crippen LogP contribution in [0.2, 0.25) is 0 Å². The molecule has 0 aliphatic heterocycles. The number of nitrogen functional groups attached to an aromatic ring is 1. The highest BCUT2D eigenvalue weighted by atomic mass is 79.9. The summed E-state index contributed by atoms with van der Waals surface area (Å²) in [5, 5.41) is 0. The van der Waals surface area contributed by atoms with Gasteiger partial charge in [0.15, 0.2) is 0 Å². The first-order valence-corrected chi connectivity index (χ1v) is 5.88. The molecule has 6 heteroatoms. The molecule has 0 unspecified atom stereocenters. The number of hydrogen-bond acceptors (Lipinski definition) is 5. The number of halogens is 1. The van der Waals surface area contributed by atoms with Gasteiger partial charge in [-0.15, -0.1) is 0 Å². The van der Waals surface area contributed by atoms with Crippen LogP contribution in [0.5, 0.6) is 0 Å². The third-order valence-corrected chi connectivity index (χ3v) is 2.73. The van der Waals surface area contributed by atoms with Crippen molar-refractivity contribution in [3.8, 4) is 11.3 Å². The van der Waals surface area contributed by atoms with Gasteiger partial charge in [-0.1, -0.05) is 12.1 Å². The molecule has 0 fully saturated rings. The van der Waals surface area contributed by atoms with E-state index in [1.54, 1.807) is 24.3 Å². The van der Waals surface area contributed by atoms with Crippen molar-refractivity contribution in [3.63, 3.8) is 0 Å². The maximum absolute atomic E-state index is 11.3. The van der Waals surface area contributed by atoms with E-state index in [1.807, 2.05) is 0 Å². The lowest BCUT2D eigenvalue weighted by Gasteiger charge is -2.05. The number of esters is 1. The Kier molecular flexibility index (Phi) is 3.57. The van der Waals surface area contributed by atoms with Crippen LogP contribution in [-0.4, -0.2) is 23.0 Å². The van der Waals surface area contributed by atoms with E-state index < -0.39 is 0 Å². The summed E-state index contributed by atoms with van der Waals surface area (Å²) in [5.41, 5.74) is 7.59. The van der Waals surface area contributed by atoms with Crippen LogP contribution >= 0.6 is 15.9 Å².